The lowest BCUT2D eigenvalue weighted by Gasteiger charge is -2.24. The quantitative estimate of drug-likeness (QED) is 0.753. The molecule has 0 aromatic carbocycles. The first-order chi connectivity index (χ1) is 8.90. The van der Waals surface area contributed by atoms with Crippen LogP contribution >= 0.6 is 27.3 Å². The zero-order valence-electron chi connectivity index (χ0n) is 11.9. The van der Waals surface area contributed by atoms with E-state index >= 15 is 0 Å². The number of rotatable bonds is 6. The molecule has 0 aliphatic heterocycles. The zero-order valence-corrected chi connectivity index (χ0v) is 14.3. The van der Waals surface area contributed by atoms with Crippen LogP contribution in [0.3, 0.4) is 0 Å². The van der Waals surface area contributed by atoms with E-state index < -0.39 is 0 Å². The van der Waals surface area contributed by atoms with Gasteiger partial charge in [-0.15, -0.1) is 11.3 Å². The smallest absolute Gasteiger partial charge is 0.244 e. The number of carbonyl (C=O) groups is 1. The van der Waals surface area contributed by atoms with Crippen molar-refractivity contribution in [2.75, 3.05) is 6.54 Å². The van der Waals surface area contributed by atoms with Gasteiger partial charge in [-0.2, -0.15) is 0 Å². The number of thiophene rings is 1. The molecular formula is C15H22BrNOS. The standard InChI is InChI=1S/C15H22BrNOS/c1-10(2)13(11(3)4)9-17-15(18)8-6-12-5-7-14(16)19-12/h5-8,10-11,13H,9H2,1-4H3,(H,17,18)/b8-6+. The zero-order chi connectivity index (χ0) is 14.4. The lowest BCUT2D eigenvalue weighted by molar-refractivity contribution is -0.116. The van der Waals surface area contributed by atoms with Gasteiger partial charge in [0.2, 0.25) is 5.91 Å². The fourth-order valence-corrected chi connectivity index (χ4v) is 3.42. The summed E-state index contributed by atoms with van der Waals surface area (Å²) in [5, 5.41) is 2.99. The van der Waals surface area contributed by atoms with Crippen molar-refractivity contribution >= 4 is 39.2 Å². The van der Waals surface area contributed by atoms with Gasteiger partial charge in [0, 0.05) is 17.5 Å². The van der Waals surface area contributed by atoms with Crippen molar-refractivity contribution in [3.63, 3.8) is 0 Å². The maximum atomic E-state index is 11.8. The Morgan fingerprint density at radius 1 is 1.32 bits per heavy atom. The number of hydrogen-bond acceptors (Lipinski definition) is 2. The average Bonchev–Trinajstić information content (AvgIpc) is 2.71. The molecule has 0 aliphatic rings. The van der Waals surface area contributed by atoms with Gasteiger partial charge >= 0.3 is 0 Å². The molecule has 1 heterocycles. The highest BCUT2D eigenvalue weighted by atomic mass is 79.9. The van der Waals surface area contributed by atoms with Gasteiger partial charge in [-0.05, 0) is 51.9 Å². The van der Waals surface area contributed by atoms with Crippen molar-refractivity contribution in [3.8, 4) is 0 Å². The highest BCUT2D eigenvalue weighted by Crippen LogP contribution is 2.23. The largest absolute Gasteiger partial charge is 0.352 e. The third kappa shape index (κ3) is 5.91. The third-order valence-corrected chi connectivity index (χ3v) is 4.81. The summed E-state index contributed by atoms with van der Waals surface area (Å²) in [5.74, 6) is 1.67. The Balaban J connectivity index is 2.45. The molecule has 0 spiro atoms. The highest BCUT2D eigenvalue weighted by Gasteiger charge is 2.17. The summed E-state index contributed by atoms with van der Waals surface area (Å²) >= 11 is 5.02. The molecule has 0 atom stereocenters. The van der Waals surface area contributed by atoms with E-state index in [0.29, 0.717) is 17.8 Å². The average molecular weight is 344 g/mol. The van der Waals surface area contributed by atoms with Gasteiger partial charge in [0.1, 0.15) is 0 Å². The van der Waals surface area contributed by atoms with E-state index in [-0.39, 0.29) is 5.91 Å². The minimum absolute atomic E-state index is 0.0178. The van der Waals surface area contributed by atoms with Crippen molar-refractivity contribution in [2.45, 2.75) is 27.7 Å². The van der Waals surface area contributed by atoms with Crippen LogP contribution in [0.25, 0.3) is 6.08 Å². The molecule has 2 nitrogen and oxygen atoms in total. The number of hydrogen-bond donors (Lipinski definition) is 1. The van der Waals surface area contributed by atoms with E-state index in [4.69, 9.17) is 0 Å². The first kappa shape index (κ1) is 16.4. The molecule has 1 N–H and O–H groups in total. The van der Waals surface area contributed by atoms with Gasteiger partial charge in [-0.3, -0.25) is 4.79 Å². The minimum Gasteiger partial charge on any atom is -0.352 e. The second-order valence-corrected chi connectivity index (χ2v) is 7.87. The van der Waals surface area contributed by atoms with Crippen molar-refractivity contribution in [3.05, 3.63) is 26.9 Å². The number of amides is 1. The molecular weight excluding hydrogens is 322 g/mol. The third-order valence-electron chi connectivity index (χ3n) is 3.22. The Labute approximate surface area is 128 Å². The van der Waals surface area contributed by atoms with Crippen molar-refractivity contribution in [1.82, 2.24) is 5.32 Å². The molecule has 0 aliphatic carbocycles. The molecule has 0 saturated heterocycles. The van der Waals surface area contributed by atoms with Crippen LogP contribution in [0.5, 0.6) is 0 Å². The monoisotopic (exact) mass is 343 g/mol. The van der Waals surface area contributed by atoms with Crippen LogP contribution in [-0.4, -0.2) is 12.5 Å². The van der Waals surface area contributed by atoms with E-state index in [1.54, 1.807) is 17.4 Å². The number of carbonyl (C=O) groups excluding carboxylic acids is 1. The van der Waals surface area contributed by atoms with Gasteiger partial charge in [-0.25, -0.2) is 0 Å². The fourth-order valence-electron chi connectivity index (χ4n) is 2.09. The Morgan fingerprint density at radius 3 is 2.42 bits per heavy atom. The lowest BCUT2D eigenvalue weighted by atomic mass is 9.85. The molecule has 0 bridgehead atoms. The first-order valence-electron chi connectivity index (χ1n) is 6.61. The maximum Gasteiger partial charge on any atom is 0.244 e. The summed E-state index contributed by atoms with van der Waals surface area (Å²) in [6.07, 6.45) is 3.46. The van der Waals surface area contributed by atoms with Crippen molar-refractivity contribution < 1.29 is 4.79 Å². The van der Waals surface area contributed by atoms with Crippen LogP contribution < -0.4 is 5.32 Å². The van der Waals surface area contributed by atoms with E-state index in [1.807, 2.05) is 18.2 Å². The SMILES string of the molecule is CC(C)C(CNC(=O)/C=C/c1ccc(Br)s1)C(C)C. The summed E-state index contributed by atoms with van der Waals surface area (Å²) < 4.78 is 1.08. The van der Waals surface area contributed by atoms with Gasteiger partial charge in [-0.1, -0.05) is 27.7 Å². The van der Waals surface area contributed by atoms with Crippen molar-refractivity contribution in [2.24, 2.45) is 17.8 Å². The van der Waals surface area contributed by atoms with Gasteiger partial charge in [0.15, 0.2) is 0 Å². The van der Waals surface area contributed by atoms with Crippen LogP contribution in [0, 0.1) is 17.8 Å². The highest BCUT2D eigenvalue weighted by molar-refractivity contribution is 9.11. The van der Waals surface area contributed by atoms with Crippen LogP contribution in [0.15, 0.2) is 22.0 Å². The van der Waals surface area contributed by atoms with E-state index in [2.05, 4.69) is 48.9 Å². The van der Waals surface area contributed by atoms with Crippen LogP contribution in [0.2, 0.25) is 0 Å². The summed E-state index contributed by atoms with van der Waals surface area (Å²) in [4.78, 5) is 12.8. The summed E-state index contributed by atoms with van der Waals surface area (Å²) in [5.41, 5.74) is 0. The molecule has 19 heavy (non-hydrogen) atoms. The molecule has 1 rings (SSSR count). The van der Waals surface area contributed by atoms with Crippen LogP contribution in [0.4, 0.5) is 0 Å². The van der Waals surface area contributed by atoms with Gasteiger partial charge in [0.25, 0.3) is 0 Å². The summed E-state index contributed by atoms with van der Waals surface area (Å²) in [7, 11) is 0. The van der Waals surface area contributed by atoms with E-state index in [9.17, 15) is 4.79 Å². The van der Waals surface area contributed by atoms with E-state index in [1.165, 1.54) is 0 Å². The second kappa shape index (κ2) is 7.85. The van der Waals surface area contributed by atoms with E-state index in [0.717, 1.165) is 15.2 Å². The number of halogens is 1. The number of nitrogens with one attached hydrogen (secondary N) is 1. The molecule has 0 radical (unpaired) electrons. The molecule has 4 heteroatoms. The molecule has 106 valence electrons. The maximum absolute atomic E-state index is 11.8. The predicted octanol–water partition coefficient (Wildman–Crippen LogP) is 4.57. The Kier molecular flexibility index (Phi) is 6.80. The molecule has 1 aromatic rings. The Bertz CT molecular complexity index is 429. The molecule has 1 aromatic heterocycles. The fraction of sp³-hybridized carbons (Fsp3) is 0.533. The molecule has 1 amide bonds. The molecule has 0 fully saturated rings. The lowest BCUT2D eigenvalue weighted by Crippen LogP contribution is -2.32. The minimum atomic E-state index is -0.0178. The summed E-state index contributed by atoms with van der Waals surface area (Å²) in [6.45, 7) is 9.56. The topological polar surface area (TPSA) is 29.1 Å². The van der Waals surface area contributed by atoms with Gasteiger partial charge < -0.3 is 5.32 Å². The summed E-state index contributed by atoms with van der Waals surface area (Å²) in [6, 6.07) is 3.97. The first-order valence-corrected chi connectivity index (χ1v) is 8.22. The predicted molar refractivity (Wildman–Crippen MR) is 87.2 cm³/mol. The van der Waals surface area contributed by atoms with Crippen molar-refractivity contribution in [1.29, 1.82) is 0 Å². The molecule has 0 unspecified atom stereocenters. The van der Waals surface area contributed by atoms with Crippen LogP contribution in [-0.2, 0) is 4.79 Å². The Morgan fingerprint density at radius 2 is 1.95 bits per heavy atom. The normalized spacial score (nSPS) is 12.0. The van der Waals surface area contributed by atoms with Gasteiger partial charge in [0.05, 0.1) is 3.79 Å². The Hall–Kier alpha value is -0.610. The second-order valence-electron chi connectivity index (χ2n) is 5.37. The molecule has 0 saturated carbocycles. The van der Waals surface area contributed by atoms with Crippen LogP contribution in [0.1, 0.15) is 32.6 Å².